The number of hydrogen-bond acceptors (Lipinski definition) is 2. The number of benzene rings is 1. The molecule has 1 rings (SSSR count). The molecule has 0 unspecified atom stereocenters. The number of hydrogen-bond donors (Lipinski definition) is 1. The van der Waals surface area contributed by atoms with Crippen molar-refractivity contribution in [3.8, 4) is 5.75 Å². The van der Waals surface area contributed by atoms with Crippen molar-refractivity contribution < 1.29 is 9.61 Å². The van der Waals surface area contributed by atoms with E-state index in [0.717, 1.165) is 0 Å². The second-order valence-corrected chi connectivity index (χ2v) is 2.03. The van der Waals surface area contributed by atoms with Gasteiger partial charge in [-0.05, 0) is 6.07 Å². The van der Waals surface area contributed by atoms with E-state index in [1.807, 2.05) is 0 Å². The fraction of sp³-hybridized carbons (Fsp3) is 0.143. The van der Waals surface area contributed by atoms with E-state index in [1.54, 1.807) is 24.3 Å². The van der Waals surface area contributed by atoms with Crippen molar-refractivity contribution in [2.24, 2.45) is 5.84 Å². The van der Waals surface area contributed by atoms with E-state index in [9.17, 15) is 4.91 Å². The summed E-state index contributed by atoms with van der Waals surface area (Å²) in [6, 6.07) is 6.61. The predicted octanol–water partition coefficient (Wildman–Crippen LogP) is 0.979. The molecule has 1 aromatic carbocycles. The van der Waals surface area contributed by atoms with Crippen LogP contribution in [-0.4, -0.2) is 12.0 Å². The first-order valence-corrected chi connectivity index (χ1v) is 3.10. The van der Waals surface area contributed by atoms with Gasteiger partial charge in [0.05, 0.1) is 18.1 Å². The average Bonchev–Trinajstić information content (AvgIpc) is 2.05. The Morgan fingerprint density at radius 1 is 1.55 bits per heavy atom. The molecule has 1 aromatic rings. The van der Waals surface area contributed by atoms with Gasteiger partial charge in [0.25, 0.3) is 5.69 Å². The van der Waals surface area contributed by atoms with Gasteiger partial charge in [0, 0.05) is 6.07 Å². The largest absolute Gasteiger partial charge is 0.497 e. The van der Waals surface area contributed by atoms with Crippen LogP contribution in [0.2, 0.25) is 0 Å². The Hall–Kier alpha value is -1.58. The number of hydrazine groups is 1. The van der Waals surface area contributed by atoms with Crippen LogP contribution in [0.1, 0.15) is 0 Å². The molecule has 4 heteroatoms. The molecule has 0 atom stereocenters. The molecule has 0 aromatic heterocycles. The molecule has 0 aliphatic heterocycles. The monoisotopic (exact) mass is 153 g/mol. The summed E-state index contributed by atoms with van der Waals surface area (Å²) in [6.07, 6.45) is 0. The van der Waals surface area contributed by atoms with Crippen LogP contribution < -0.4 is 10.6 Å². The van der Waals surface area contributed by atoms with E-state index >= 15 is 0 Å². The van der Waals surface area contributed by atoms with Crippen LogP contribution in [0.25, 0.3) is 0 Å². The number of nitrogens with two attached hydrogens (primary N) is 1. The van der Waals surface area contributed by atoms with Crippen LogP contribution in [0.3, 0.4) is 0 Å². The molecule has 0 aliphatic carbocycles. The smallest absolute Gasteiger partial charge is 0.295 e. The molecule has 0 radical (unpaired) electrons. The molecule has 0 aliphatic rings. The van der Waals surface area contributed by atoms with Gasteiger partial charge >= 0.3 is 0 Å². The summed E-state index contributed by atoms with van der Waals surface area (Å²) in [4.78, 5) is 10.8. The maximum atomic E-state index is 10.6. The van der Waals surface area contributed by atoms with E-state index in [2.05, 4.69) is 0 Å². The van der Waals surface area contributed by atoms with Crippen LogP contribution in [0.4, 0.5) is 5.69 Å². The zero-order valence-electron chi connectivity index (χ0n) is 6.15. The Labute approximate surface area is 64.1 Å². The first-order valence-electron chi connectivity index (χ1n) is 3.10. The molecule has 2 N–H and O–H groups in total. The SMILES string of the molecule is COc1cccc([N+](N)=O)c1. The van der Waals surface area contributed by atoms with Gasteiger partial charge in [0.2, 0.25) is 0 Å². The summed E-state index contributed by atoms with van der Waals surface area (Å²) < 4.78 is 4.88. The maximum Gasteiger partial charge on any atom is 0.295 e. The standard InChI is InChI=1S/C7H9N2O2/c1-11-7-4-2-3-6(5-7)9(8)10/h2-5H,1H3,(H2,8,10)/q+1. The van der Waals surface area contributed by atoms with Gasteiger partial charge in [0.15, 0.2) is 4.87 Å². The predicted molar refractivity (Wildman–Crippen MR) is 40.5 cm³/mol. The molecule has 58 valence electrons. The fourth-order valence-corrected chi connectivity index (χ4v) is 0.748. The Morgan fingerprint density at radius 3 is 2.82 bits per heavy atom. The quantitative estimate of drug-likeness (QED) is 0.391. The second-order valence-electron chi connectivity index (χ2n) is 2.03. The minimum Gasteiger partial charge on any atom is -0.497 e. The number of rotatable bonds is 2. The van der Waals surface area contributed by atoms with Crippen LogP contribution in [0, 0.1) is 4.91 Å². The molecular weight excluding hydrogens is 144 g/mol. The first-order chi connectivity index (χ1) is 5.24. The Morgan fingerprint density at radius 2 is 2.27 bits per heavy atom. The minimum atomic E-state index is 0.294. The van der Waals surface area contributed by atoms with Gasteiger partial charge in [-0.15, -0.1) is 0 Å². The summed E-state index contributed by atoms with van der Waals surface area (Å²) in [7, 11) is 1.53. The molecule has 0 saturated carbocycles. The molecule has 0 fully saturated rings. The van der Waals surface area contributed by atoms with Crippen molar-refractivity contribution in [3.63, 3.8) is 0 Å². The minimum absolute atomic E-state index is 0.294. The summed E-state index contributed by atoms with van der Waals surface area (Å²) in [5, 5.41) is 0. The van der Waals surface area contributed by atoms with Crippen LogP contribution in [0.15, 0.2) is 24.3 Å². The van der Waals surface area contributed by atoms with Crippen LogP contribution in [0.5, 0.6) is 5.75 Å². The Balaban J connectivity index is 3.01. The van der Waals surface area contributed by atoms with Gasteiger partial charge < -0.3 is 4.74 Å². The molecule has 0 bridgehead atoms. The molecule has 4 nitrogen and oxygen atoms in total. The molecular formula is C7H9N2O2+. The molecule has 11 heavy (non-hydrogen) atoms. The molecule has 0 spiro atoms. The van der Waals surface area contributed by atoms with Crippen LogP contribution in [-0.2, 0) is 0 Å². The van der Waals surface area contributed by atoms with Crippen molar-refractivity contribution in [1.82, 2.24) is 0 Å². The summed E-state index contributed by atoms with van der Waals surface area (Å²) in [5.41, 5.74) is 0.379. The van der Waals surface area contributed by atoms with Gasteiger partial charge in [-0.3, -0.25) is 0 Å². The summed E-state index contributed by atoms with van der Waals surface area (Å²) >= 11 is 0. The summed E-state index contributed by atoms with van der Waals surface area (Å²) in [5.74, 6) is 5.58. The lowest BCUT2D eigenvalue weighted by Gasteiger charge is -1.95. The highest BCUT2D eigenvalue weighted by atomic mass is 16.5. The lowest BCUT2D eigenvalue weighted by molar-refractivity contribution is -0.474. The average molecular weight is 153 g/mol. The van der Waals surface area contributed by atoms with E-state index in [0.29, 0.717) is 16.3 Å². The van der Waals surface area contributed by atoms with Crippen molar-refractivity contribution in [1.29, 1.82) is 0 Å². The fourth-order valence-electron chi connectivity index (χ4n) is 0.748. The van der Waals surface area contributed by atoms with E-state index < -0.39 is 0 Å². The number of ether oxygens (including phenoxy) is 1. The number of methoxy groups -OCH3 is 1. The van der Waals surface area contributed by atoms with Gasteiger partial charge in [-0.1, -0.05) is 6.07 Å². The normalized spacial score (nSPS) is 9.18. The third kappa shape index (κ3) is 1.67. The molecule has 0 amide bonds. The maximum absolute atomic E-state index is 10.6. The first kappa shape index (κ1) is 7.53. The lowest BCUT2D eigenvalue weighted by atomic mass is 10.3. The molecule has 0 saturated heterocycles. The zero-order chi connectivity index (χ0) is 8.27. The Bertz CT molecular complexity index is 273. The van der Waals surface area contributed by atoms with Gasteiger partial charge in [0.1, 0.15) is 5.75 Å². The van der Waals surface area contributed by atoms with Crippen LogP contribution >= 0.6 is 0 Å². The Kier molecular flexibility index (Phi) is 2.06. The van der Waals surface area contributed by atoms with Crippen molar-refractivity contribution in [2.45, 2.75) is 0 Å². The van der Waals surface area contributed by atoms with Gasteiger partial charge in [-0.2, -0.15) is 5.84 Å². The third-order valence-electron chi connectivity index (χ3n) is 1.31. The highest BCUT2D eigenvalue weighted by Gasteiger charge is 2.07. The van der Waals surface area contributed by atoms with Crippen molar-refractivity contribution in [2.75, 3.05) is 7.11 Å². The van der Waals surface area contributed by atoms with Crippen molar-refractivity contribution in [3.05, 3.63) is 29.2 Å². The van der Waals surface area contributed by atoms with E-state index in [4.69, 9.17) is 10.6 Å². The zero-order valence-corrected chi connectivity index (χ0v) is 6.15. The highest BCUT2D eigenvalue weighted by molar-refractivity contribution is 5.37. The third-order valence-corrected chi connectivity index (χ3v) is 1.31. The van der Waals surface area contributed by atoms with Crippen molar-refractivity contribution >= 4 is 5.69 Å². The number of nitroso groups, excluding NO2 is 1. The molecule has 0 heterocycles. The highest BCUT2D eigenvalue weighted by Crippen LogP contribution is 2.16. The number of nitrogens with zero attached hydrogens (tertiary/aromatic N) is 1. The van der Waals surface area contributed by atoms with E-state index in [1.165, 1.54) is 7.11 Å². The van der Waals surface area contributed by atoms with Gasteiger partial charge in [-0.25, -0.2) is 0 Å². The summed E-state index contributed by atoms with van der Waals surface area (Å²) in [6.45, 7) is 0. The topological polar surface area (TPSA) is 55.3 Å². The van der Waals surface area contributed by atoms with E-state index in [-0.39, 0.29) is 0 Å². The second kappa shape index (κ2) is 3.01. The lowest BCUT2D eigenvalue weighted by Crippen LogP contribution is -2.08.